The lowest BCUT2D eigenvalue weighted by Gasteiger charge is -2.29. The van der Waals surface area contributed by atoms with E-state index in [-0.39, 0.29) is 5.75 Å². The van der Waals surface area contributed by atoms with Crippen LogP contribution in [0.4, 0.5) is 10.5 Å². The molecule has 0 spiro atoms. The first-order valence-electron chi connectivity index (χ1n) is 8.53. The molecule has 0 bridgehead atoms. The third-order valence-corrected chi connectivity index (χ3v) is 4.40. The smallest absolute Gasteiger partial charge is 0.319 e. The van der Waals surface area contributed by atoms with Gasteiger partial charge in [0.15, 0.2) is 0 Å². The van der Waals surface area contributed by atoms with Crippen LogP contribution < -0.4 is 25.4 Å². The van der Waals surface area contributed by atoms with Gasteiger partial charge < -0.3 is 30.5 Å². The van der Waals surface area contributed by atoms with Crippen molar-refractivity contribution in [2.75, 3.05) is 19.5 Å². The number of aromatic hydroxyl groups is 1. The molecule has 4 N–H and O–H groups in total. The average molecular weight is 383 g/mol. The van der Waals surface area contributed by atoms with Gasteiger partial charge in [0.05, 0.1) is 31.5 Å². The van der Waals surface area contributed by atoms with Crippen molar-refractivity contribution in [1.82, 2.24) is 10.6 Å². The number of phenols is 1. The molecule has 0 saturated heterocycles. The molecule has 0 radical (unpaired) electrons. The Labute approximate surface area is 162 Å². The minimum absolute atomic E-state index is 0.0943. The van der Waals surface area contributed by atoms with Gasteiger partial charge in [0.25, 0.3) is 5.91 Å². The quantitative estimate of drug-likeness (QED) is 0.635. The van der Waals surface area contributed by atoms with Gasteiger partial charge >= 0.3 is 6.03 Å². The number of amides is 3. The number of hydrogen-bond donors (Lipinski definition) is 4. The number of nitrogens with one attached hydrogen (secondary N) is 3. The Kier molecular flexibility index (Phi) is 5.39. The summed E-state index contributed by atoms with van der Waals surface area (Å²) in [6.07, 6.45) is 0. The molecule has 0 unspecified atom stereocenters. The first-order valence-corrected chi connectivity index (χ1v) is 8.53. The zero-order chi connectivity index (χ0) is 20.3. The molecule has 2 aromatic carbocycles. The summed E-state index contributed by atoms with van der Waals surface area (Å²) in [5.41, 5.74) is 1.87. The van der Waals surface area contributed by atoms with Crippen LogP contribution in [0, 0.1) is 0 Å². The van der Waals surface area contributed by atoms with E-state index in [2.05, 4.69) is 16.0 Å². The van der Waals surface area contributed by atoms with E-state index in [4.69, 9.17) is 9.47 Å². The summed E-state index contributed by atoms with van der Waals surface area (Å²) in [5.74, 6) is 0.722. The number of carbonyl (C=O) groups is 2. The molecule has 8 heteroatoms. The SMILES string of the molecule is COc1ccc(OC)c(NC(=O)C2=C(C)NC(=O)N[C@H]2c2ccc(O)cc2)c1. The van der Waals surface area contributed by atoms with E-state index in [1.165, 1.54) is 26.4 Å². The van der Waals surface area contributed by atoms with Crippen molar-refractivity contribution in [2.24, 2.45) is 0 Å². The van der Waals surface area contributed by atoms with Gasteiger partial charge in [-0.15, -0.1) is 0 Å². The molecule has 28 heavy (non-hydrogen) atoms. The molecule has 1 atom stereocenters. The lowest BCUT2D eigenvalue weighted by molar-refractivity contribution is -0.113. The van der Waals surface area contributed by atoms with E-state index >= 15 is 0 Å². The highest BCUT2D eigenvalue weighted by Gasteiger charge is 2.31. The fourth-order valence-corrected chi connectivity index (χ4v) is 3.01. The Morgan fingerprint density at radius 3 is 2.46 bits per heavy atom. The topological polar surface area (TPSA) is 109 Å². The fraction of sp³-hybridized carbons (Fsp3) is 0.200. The van der Waals surface area contributed by atoms with Crippen LogP contribution in [0.25, 0.3) is 0 Å². The number of ether oxygens (including phenoxy) is 2. The number of anilines is 1. The number of benzene rings is 2. The van der Waals surface area contributed by atoms with E-state index in [0.717, 1.165) is 0 Å². The summed E-state index contributed by atoms with van der Waals surface area (Å²) in [4.78, 5) is 25.1. The van der Waals surface area contributed by atoms with Crippen LogP contribution in [0.2, 0.25) is 0 Å². The van der Waals surface area contributed by atoms with Crippen molar-refractivity contribution in [3.63, 3.8) is 0 Å². The maximum Gasteiger partial charge on any atom is 0.319 e. The van der Waals surface area contributed by atoms with Crippen molar-refractivity contribution >= 4 is 17.6 Å². The Morgan fingerprint density at radius 1 is 1.11 bits per heavy atom. The van der Waals surface area contributed by atoms with Crippen LogP contribution in [-0.4, -0.2) is 31.3 Å². The highest BCUT2D eigenvalue weighted by Crippen LogP contribution is 2.32. The second-order valence-electron chi connectivity index (χ2n) is 6.18. The Balaban J connectivity index is 1.97. The number of carbonyl (C=O) groups excluding carboxylic acids is 2. The Hall–Kier alpha value is -3.68. The van der Waals surface area contributed by atoms with Crippen LogP contribution in [0.15, 0.2) is 53.7 Å². The van der Waals surface area contributed by atoms with Crippen LogP contribution in [0.5, 0.6) is 17.2 Å². The molecule has 0 fully saturated rings. The lowest BCUT2D eigenvalue weighted by Crippen LogP contribution is -2.45. The molecule has 2 aromatic rings. The van der Waals surface area contributed by atoms with Crippen molar-refractivity contribution in [3.05, 3.63) is 59.3 Å². The summed E-state index contributed by atoms with van der Waals surface area (Å²) in [5, 5.41) is 17.7. The molecule has 0 aliphatic carbocycles. The summed E-state index contributed by atoms with van der Waals surface area (Å²) in [7, 11) is 3.03. The van der Waals surface area contributed by atoms with E-state index in [1.807, 2.05) is 0 Å². The number of allylic oxidation sites excluding steroid dienone is 1. The summed E-state index contributed by atoms with van der Waals surface area (Å²) in [6.45, 7) is 1.66. The van der Waals surface area contributed by atoms with Gasteiger partial charge in [-0.2, -0.15) is 0 Å². The zero-order valence-electron chi connectivity index (χ0n) is 15.7. The van der Waals surface area contributed by atoms with Crippen LogP contribution in [-0.2, 0) is 4.79 Å². The third-order valence-electron chi connectivity index (χ3n) is 4.40. The van der Waals surface area contributed by atoms with Crippen molar-refractivity contribution in [3.8, 4) is 17.2 Å². The van der Waals surface area contributed by atoms with E-state index < -0.39 is 18.0 Å². The number of urea groups is 1. The molecule has 0 aromatic heterocycles. The first-order chi connectivity index (χ1) is 13.4. The number of phenolic OH excluding ortho intramolecular Hbond substituents is 1. The molecular weight excluding hydrogens is 362 g/mol. The summed E-state index contributed by atoms with van der Waals surface area (Å²) < 4.78 is 10.5. The molecule has 1 aliphatic rings. The van der Waals surface area contributed by atoms with Gasteiger partial charge in [0.1, 0.15) is 17.2 Å². The van der Waals surface area contributed by atoms with Crippen molar-refractivity contribution in [1.29, 1.82) is 0 Å². The van der Waals surface area contributed by atoms with E-state index in [9.17, 15) is 14.7 Å². The minimum Gasteiger partial charge on any atom is -0.508 e. The zero-order valence-corrected chi connectivity index (χ0v) is 15.7. The molecule has 1 heterocycles. The summed E-state index contributed by atoms with van der Waals surface area (Å²) >= 11 is 0. The lowest BCUT2D eigenvalue weighted by atomic mass is 9.94. The predicted octanol–water partition coefficient (Wildman–Crippen LogP) is 2.68. The van der Waals surface area contributed by atoms with Gasteiger partial charge in [-0.1, -0.05) is 12.1 Å². The molecule has 3 rings (SSSR count). The maximum atomic E-state index is 13.1. The Morgan fingerprint density at radius 2 is 1.82 bits per heavy atom. The standard InChI is InChI=1S/C20H21N3O5/c1-11-17(18(23-20(26)21-11)12-4-6-13(24)7-5-12)19(25)22-15-10-14(27-2)8-9-16(15)28-3/h4-10,18,24H,1-3H3,(H,22,25)(H2,21,23,26)/t18-/m0/s1. The van der Waals surface area contributed by atoms with Gasteiger partial charge in [0.2, 0.25) is 0 Å². The minimum atomic E-state index is -0.675. The highest BCUT2D eigenvalue weighted by atomic mass is 16.5. The highest BCUT2D eigenvalue weighted by molar-refractivity contribution is 6.07. The van der Waals surface area contributed by atoms with Crippen molar-refractivity contribution < 1.29 is 24.2 Å². The van der Waals surface area contributed by atoms with Crippen LogP contribution in [0.1, 0.15) is 18.5 Å². The first kappa shape index (κ1) is 19.1. The Bertz CT molecular complexity index is 937. The molecule has 3 amide bonds. The predicted molar refractivity (Wildman–Crippen MR) is 103 cm³/mol. The van der Waals surface area contributed by atoms with Crippen molar-refractivity contribution in [2.45, 2.75) is 13.0 Å². The van der Waals surface area contributed by atoms with Gasteiger partial charge in [-0.25, -0.2) is 4.79 Å². The van der Waals surface area contributed by atoms with Crippen LogP contribution in [0.3, 0.4) is 0 Å². The van der Waals surface area contributed by atoms with E-state index in [0.29, 0.717) is 34.0 Å². The molecule has 1 aliphatic heterocycles. The fourth-order valence-electron chi connectivity index (χ4n) is 3.01. The molecular formula is C20H21N3O5. The van der Waals surface area contributed by atoms with Crippen LogP contribution >= 0.6 is 0 Å². The largest absolute Gasteiger partial charge is 0.508 e. The second kappa shape index (κ2) is 7.91. The maximum absolute atomic E-state index is 13.1. The summed E-state index contributed by atoms with van der Waals surface area (Å²) in [6, 6.07) is 10.3. The van der Waals surface area contributed by atoms with E-state index in [1.54, 1.807) is 37.3 Å². The second-order valence-corrected chi connectivity index (χ2v) is 6.18. The number of rotatable bonds is 5. The molecule has 146 valence electrons. The molecule has 8 nitrogen and oxygen atoms in total. The van der Waals surface area contributed by atoms with Gasteiger partial charge in [-0.05, 0) is 36.8 Å². The van der Waals surface area contributed by atoms with Gasteiger partial charge in [0, 0.05) is 11.8 Å². The number of methoxy groups -OCH3 is 2. The molecule has 0 saturated carbocycles. The average Bonchev–Trinajstić information content (AvgIpc) is 2.67. The van der Waals surface area contributed by atoms with Gasteiger partial charge in [-0.3, -0.25) is 4.79 Å². The normalized spacial score (nSPS) is 16.1. The monoisotopic (exact) mass is 383 g/mol. The third kappa shape index (κ3) is 3.85. The number of hydrogen-bond acceptors (Lipinski definition) is 5.